The molecule has 4 saturated heterocycles. The molecule has 34 heteroatoms. The Bertz CT molecular complexity index is 5480. The number of phenols is 1. The summed E-state index contributed by atoms with van der Waals surface area (Å²) < 4.78 is 19.3. The second-order valence-electron chi connectivity index (χ2n) is 36.5. The molecule has 142 heavy (non-hydrogen) atoms. The van der Waals surface area contributed by atoms with Crippen LogP contribution in [0.2, 0.25) is 0 Å². The van der Waals surface area contributed by atoms with E-state index in [1.54, 1.807) is 65.5 Å². The smallest absolute Gasteiger partial charge is 0.507 e. The van der Waals surface area contributed by atoms with Gasteiger partial charge in [-0.1, -0.05) is 296 Å². The predicted molar refractivity (Wildman–Crippen MR) is 639 cm³/mol. The third kappa shape index (κ3) is 39.2. The number of aromatic hydroxyl groups is 1. The van der Waals surface area contributed by atoms with Crippen LogP contribution in [0.1, 0.15) is 190 Å². The van der Waals surface area contributed by atoms with Crippen molar-refractivity contribution in [1.29, 1.82) is 0 Å². The third-order valence-electron chi connectivity index (χ3n) is 23.3. The van der Waals surface area contributed by atoms with Crippen molar-refractivity contribution in [1.82, 2.24) is 33.4 Å². The first-order chi connectivity index (χ1) is 67.5. The average Bonchev–Trinajstić information content (AvgIpc) is 0.738. The Balaban J connectivity index is 0.000000210. The number of thiocarbonyl (C=S) groups is 4. The van der Waals surface area contributed by atoms with Gasteiger partial charge < -0.3 is 109 Å². The fourth-order valence-electron chi connectivity index (χ4n) is 15.8. The van der Waals surface area contributed by atoms with Crippen LogP contribution in [-0.4, -0.2) is 171 Å². The van der Waals surface area contributed by atoms with E-state index in [-0.39, 0.29) is 58.6 Å². The first-order valence-electron chi connectivity index (χ1n) is 47.2. The van der Waals surface area contributed by atoms with Gasteiger partial charge in [0.2, 0.25) is 10.7 Å². The van der Waals surface area contributed by atoms with Gasteiger partial charge in [0.25, 0.3) is 11.8 Å². The van der Waals surface area contributed by atoms with E-state index in [2.05, 4.69) is 223 Å². The van der Waals surface area contributed by atoms with E-state index in [0.717, 1.165) is 144 Å². The molecule has 10 aromatic carbocycles. The van der Waals surface area contributed by atoms with E-state index in [4.69, 9.17) is 108 Å². The number of likely N-dealkylation sites (tertiary alicyclic amines) is 2. The summed E-state index contributed by atoms with van der Waals surface area (Å²) in [7, 11) is 13.7. The summed E-state index contributed by atoms with van der Waals surface area (Å²) in [6.45, 7) is 44.1. The molecule has 15 rings (SSSR count). The largest absolute Gasteiger partial charge is 2.00 e. The molecule has 0 spiro atoms. The van der Waals surface area contributed by atoms with Gasteiger partial charge in [-0.25, -0.2) is 8.61 Å². The molecule has 0 aliphatic carbocycles. The molecule has 4 aliphatic rings. The zero-order valence-corrected chi connectivity index (χ0v) is 99.6. The normalized spacial score (nSPS) is 13.9. The van der Waals surface area contributed by atoms with Gasteiger partial charge in [0.1, 0.15) is 14.4 Å². The van der Waals surface area contributed by atoms with E-state index in [0.29, 0.717) is 41.0 Å². The number of benzene rings is 10. The molecule has 4 aliphatic heterocycles. The number of hydrogen-bond acceptors (Lipinski definition) is 25. The van der Waals surface area contributed by atoms with E-state index in [1.165, 1.54) is 82.4 Å². The molecule has 0 unspecified atom stereocenters. The van der Waals surface area contributed by atoms with Gasteiger partial charge in [-0.15, -0.1) is 0 Å². The van der Waals surface area contributed by atoms with Gasteiger partial charge >= 0.3 is 19.5 Å². The number of para-hydroxylation sites is 4. The van der Waals surface area contributed by atoms with Crippen LogP contribution in [0.3, 0.4) is 0 Å². The van der Waals surface area contributed by atoms with Crippen molar-refractivity contribution in [3.63, 3.8) is 0 Å². The molecule has 0 atom stereocenters. The molecule has 0 bridgehead atoms. The molecular formula is C108H132N12O5S16Zn. The first-order valence-corrected chi connectivity index (χ1v) is 59.5. The maximum absolute atomic E-state index is 12.6. The first kappa shape index (κ1) is 121. The predicted octanol–water partition coefficient (Wildman–Crippen LogP) is 29.7. The monoisotopic (exact) mass is 2250 g/mol. The molecule has 17 nitrogen and oxygen atoms in total. The van der Waals surface area contributed by atoms with Crippen molar-refractivity contribution < 1.29 is 43.6 Å². The summed E-state index contributed by atoms with van der Waals surface area (Å²) in [5.41, 5.74) is 10.5. The molecule has 2 amide bonds. The minimum absolute atomic E-state index is 0. The Morgan fingerprint density at radius 1 is 0.423 bits per heavy atom. The minimum atomic E-state index is -0.365. The van der Waals surface area contributed by atoms with Gasteiger partial charge in [-0.3, -0.25) is 9.59 Å². The number of hydrogen-bond donors (Lipinski definition) is 5. The molecule has 11 aromatic rings. The quantitative estimate of drug-likeness (QED) is 0.00968. The number of anilines is 5. The zero-order valence-electron chi connectivity index (χ0n) is 83.5. The van der Waals surface area contributed by atoms with Crippen molar-refractivity contribution in [3.8, 4) is 5.75 Å². The van der Waals surface area contributed by atoms with Crippen LogP contribution in [0.5, 0.6) is 5.75 Å². The maximum atomic E-state index is 12.6. The number of rotatable bonds is 24. The van der Waals surface area contributed by atoms with E-state index in [9.17, 15) is 14.7 Å². The summed E-state index contributed by atoms with van der Waals surface area (Å²) >= 11 is 40.9. The number of ether oxygens (including phenoxy) is 2. The van der Waals surface area contributed by atoms with Crippen molar-refractivity contribution in [2.24, 2.45) is 0 Å². The van der Waals surface area contributed by atoms with Crippen LogP contribution in [0.25, 0.3) is 0 Å². The fraction of sp³-hybridized carbons (Fsp3) is 0.361. The standard InChI is InChI=1S/C33H36O.C26H20N2O2S2.C12H20N2S6.C11H20N4S2.2C9H11NS2.C8H16N2O2S2.Zn/c1-31(2,24-16-10-7-11-17-24)27-22-28(32(3,4)25-18-12-8-13-19-25)30(34)29(23-27)33(5,6)26-20-14-9-15-21-26;29-25(19-11-3-1-4-12-19)27-21-15-7-9-17-23(21)31-32-24-18-10-8-16-22(24)28-26(30)20-13-5-2-6-14-20;15-11(13-7-3-1-4-8-13)17-19-20-18-12(16)14-9-5-2-6-10-14;1-10(2,3)15(11(4,5)6)7-12-8(16)14-9(17)13-7;2*1-2-10(9(11)12)8-6-4-3-5-7-8;1-5-11-6-2-9(1)13-14-10-3-7-12-8-4-10;/h7-23,34H,1-6H3;1-18H,(H,27,29)(H,28,30);1-10H2;1-6H3,(H2,12,13,14,16,17);2*3-7H,2H2,1H3,(H,11,12);1-8H2;/q;;;;;;;+2/p-2. The third-order valence-corrected chi connectivity index (χ3v) is 37.1. The van der Waals surface area contributed by atoms with Crippen LogP contribution >= 0.6 is 158 Å². The molecule has 0 saturated carbocycles. The fourth-order valence-corrected chi connectivity index (χ4v) is 28.5. The number of amides is 2. The summed E-state index contributed by atoms with van der Waals surface area (Å²) in [4.78, 5) is 47.9. The van der Waals surface area contributed by atoms with Gasteiger partial charge in [0.05, 0.1) is 37.8 Å². The van der Waals surface area contributed by atoms with Gasteiger partial charge in [0, 0.05) is 158 Å². The Morgan fingerprint density at radius 2 is 0.732 bits per heavy atom. The Morgan fingerprint density at radius 3 is 1.05 bits per heavy atom. The number of nitrogens with zero attached hydrogens (tertiary/aromatic N) is 8. The number of nitrogens with one attached hydrogen (secondary N) is 4. The van der Waals surface area contributed by atoms with Gasteiger partial charge in [0.15, 0.2) is 4.77 Å². The van der Waals surface area contributed by atoms with Crippen LogP contribution < -0.4 is 25.3 Å². The molecule has 5 heterocycles. The van der Waals surface area contributed by atoms with Crippen molar-refractivity contribution >= 4 is 241 Å². The van der Waals surface area contributed by atoms with Crippen LogP contribution in [0.4, 0.5) is 28.7 Å². The summed E-state index contributed by atoms with van der Waals surface area (Å²) in [6, 6.07) is 89.5. The number of morpholine rings is 2. The summed E-state index contributed by atoms with van der Waals surface area (Å²) in [5.74, 6) is 0.785. The molecule has 752 valence electrons. The number of piperidine rings is 2. The van der Waals surface area contributed by atoms with E-state index >= 15 is 0 Å². The Hall–Kier alpha value is -6.55. The van der Waals surface area contributed by atoms with Gasteiger partial charge in [-0.05, 0) is 255 Å². The van der Waals surface area contributed by atoms with Crippen molar-refractivity contribution in [3.05, 3.63) is 327 Å². The summed E-state index contributed by atoms with van der Waals surface area (Å²) in [6.07, 6.45) is 7.84. The van der Waals surface area contributed by atoms with Crippen LogP contribution in [0, 0.1) is 9.54 Å². The molecule has 0 radical (unpaired) electrons. The second-order valence-corrected chi connectivity index (χ2v) is 50.8. The number of carbonyl (C=O) groups is 2. The number of H-pyrrole nitrogens is 2. The van der Waals surface area contributed by atoms with Crippen molar-refractivity contribution in [2.45, 2.75) is 173 Å². The molecule has 4 fully saturated rings. The number of aromatic amines is 2. The Labute approximate surface area is 930 Å². The Kier molecular flexibility index (Phi) is 52.7. The second kappa shape index (κ2) is 62.0. The topological polar surface area (TPSA) is 164 Å². The average molecular weight is 2260 g/mol. The molecular weight excluding hydrogens is 2120 g/mol. The number of phenolic OH excluding ortho intramolecular Hbond substituents is 1. The molecule has 5 N–H and O–H groups in total. The van der Waals surface area contributed by atoms with Crippen LogP contribution in [-0.2, 0) is 70.5 Å². The van der Waals surface area contributed by atoms with Crippen molar-refractivity contribution in [2.75, 3.05) is 117 Å². The number of aromatic nitrogens is 3. The van der Waals surface area contributed by atoms with Gasteiger partial charge in [-0.2, -0.15) is 4.98 Å². The van der Waals surface area contributed by atoms with E-state index < -0.39 is 0 Å². The minimum Gasteiger partial charge on any atom is -0.507 e. The van der Waals surface area contributed by atoms with Crippen LogP contribution in [0.15, 0.2) is 283 Å². The summed E-state index contributed by atoms with van der Waals surface area (Å²) in [5, 5.41) is 17.8. The maximum Gasteiger partial charge on any atom is 2.00 e. The number of carbonyl (C=O) groups excluding carboxylic acids is 2. The SMILES string of the molecule is C1CN(SSN2CCOCC2)CCO1.CC(C)(C)N(c1nc(=S)[nH]c(=S)[nH]1)C(C)(C)C.CC(C)(c1ccccc1)c1cc(C(C)(C)c2ccccc2)c(O)c(C(C)(C)c2ccccc2)c1.CCN(C(=S)[S-])c1ccccc1.CCN(C(=S)[S-])c1ccccc1.O=C(Nc1ccccc1SSc1ccccc1NC(=O)c1ccccc1)c1ccccc1.S=C(SSSSC(=S)N1CCCCC1)N1CCCCC1.[Zn+2]. The molecule has 1 aromatic heterocycles. The van der Waals surface area contributed by atoms with E-state index in [1.807, 2.05) is 203 Å². The zero-order chi connectivity index (χ0) is 102.